The van der Waals surface area contributed by atoms with Crippen LogP contribution in [-0.2, 0) is 15.0 Å². The van der Waals surface area contributed by atoms with Crippen molar-refractivity contribution in [3.63, 3.8) is 0 Å². The highest BCUT2D eigenvalue weighted by Crippen LogP contribution is 2.42. The van der Waals surface area contributed by atoms with Gasteiger partial charge in [0.1, 0.15) is 11.2 Å². The van der Waals surface area contributed by atoms with Crippen LogP contribution in [-0.4, -0.2) is 16.9 Å². The van der Waals surface area contributed by atoms with Crippen molar-refractivity contribution in [3.05, 3.63) is 33.8 Å². The lowest BCUT2D eigenvalue weighted by Gasteiger charge is -2.36. The fourth-order valence-corrected chi connectivity index (χ4v) is 2.37. The zero-order valence-corrected chi connectivity index (χ0v) is 10.4. The standard InChI is InChI=1S/C12H11BrO3/c1-7-2-3-8(4-10(7)13)12(11(15)16)5-9(14)6-12/h2-4H,5-6H2,1H3,(H,15,16). The van der Waals surface area contributed by atoms with E-state index in [1.165, 1.54) is 0 Å². The highest BCUT2D eigenvalue weighted by Gasteiger charge is 2.51. The number of carboxylic acids is 1. The van der Waals surface area contributed by atoms with Crippen LogP contribution >= 0.6 is 15.9 Å². The van der Waals surface area contributed by atoms with E-state index in [-0.39, 0.29) is 18.6 Å². The second kappa shape index (κ2) is 3.70. The van der Waals surface area contributed by atoms with Crippen molar-refractivity contribution in [2.45, 2.75) is 25.2 Å². The Hall–Kier alpha value is -1.16. The molecule has 0 heterocycles. The molecule has 4 heteroatoms. The zero-order chi connectivity index (χ0) is 11.9. The van der Waals surface area contributed by atoms with E-state index in [0.717, 1.165) is 10.0 Å². The van der Waals surface area contributed by atoms with E-state index in [1.807, 2.05) is 13.0 Å². The van der Waals surface area contributed by atoms with Gasteiger partial charge in [0.2, 0.25) is 0 Å². The Morgan fingerprint density at radius 2 is 2.06 bits per heavy atom. The van der Waals surface area contributed by atoms with Gasteiger partial charge >= 0.3 is 5.97 Å². The Morgan fingerprint density at radius 1 is 1.44 bits per heavy atom. The summed E-state index contributed by atoms with van der Waals surface area (Å²) in [5.41, 5.74) is 0.764. The number of hydrogen-bond acceptors (Lipinski definition) is 2. The topological polar surface area (TPSA) is 54.4 Å². The van der Waals surface area contributed by atoms with Crippen LogP contribution in [0.3, 0.4) is 0 Å². The summed E-state index contributed by atoms with van der Waals surface area (Å²) in [4.78, 5) is 22.3. The molecule has 1 N–H and O–H groups in total. The summed E-state index contributed by atoms with van der Waals surface area (Å²) in [6.45, 7) is 1.94. The quantitative estimate of drug-likeness (QED) is 0.907. The fraction of sp³-hybridized carbons (Fsp3) is 0.333. The number of aliphatic carboxylic acids is 1. The fourth-order valence-electron chi connectivity index (χ4n) is 1.99. The van der Waals surface area contributed by atoms with Crippen LogP contribution in [0.15, 0.2) is 22.7 Å². The van der Waals surface area contributed by atoms with Crippen LogP contribution < -0.4 is 0 Å². The van der Waals surface area contributed by atoms with E-state index in [9.17, 15) is 14.7 Å². The first-order valence-electron chi connectivity index (χ1n) is 4.97. The molecule has 0 aliphatic heterocycles. The van der Waals surface area contributed by atoms with Crippen LogP contribution in [0.5, 0.6) is 0 Å². The minimum Gasteiger partial charge on any atom is -0.481 e. The van der Waals surface area contributed by atoms with E-state index in [0.29, 0.717) is 5.56 Å². The minimum atomic E-state index is -0.993. The molecule has 0 amide bonds. The van der Waals surface area contributed by atoms with Crippen molar-refractivity contribution < 1.29 is 14.7 Å². The van der Waals surface area contributed by atoms with Crippen molar-refractivity contribution >= 4 is 27.7 Å². The maximum absolute atomic E-state index is 11.3. The van der Waals surface area contributed by atoms with Gasteiger partial charge in [0.25, 0.3) is 0 Å². The van der Waals surface area contributed by atoms with Gasteiger partial charge in [0, 0.05) is 17.3 Å². The number of aryl methyl sites for hydroxylation is 1. The number of carbonyl (C=O) groups is 2. The second-order valence-electron chi connectivity index (χ2n) is 4.24. The number of carbonyl (C=O) groups excluding carboxylic acids is 1. The van der Waals surface area contributed by atoms with E-state index in [2.05, 4.69) is 15.9 Å². The number of carboxylic acid groups (broad SMARTS) is 1. The van der Waals surface area contributed by atoms with Gasteiger partial charge < -0.3 is 5.11 Å². The monoisotopic (exact) mass is 282 g/mol. The van der Waals surface area contributed by atoms with Crippen molar-refractivity contribution in [3.8, 4) is 0 Å². The maximum atomic E-state index is 11.3. The molecule has 16 heavy (non-hydrogen) atoms. The SMILES string of the molecule is Cc1ccc(C2(C(=O)O)CC(=O)C2)cc1Br. The van der Waals surface area contributed by atoms with Crippen LogP contribution in [0.4, 0.5) is 0 Å². The molecule has 0 radical (unpaired) electrons. The number of rotatable bonds is 2. The van der Waals surface area contributed by atoms with Crippen LogP contribution in [0.1, 0.15) is 24.0 Å². The first-order chi connectivity index (χ1) is 7.45. The average Bonchev–Trinajstić information content (AvgIpc) is 2.17. The summed E-state index contributed by atoms with van der Waals surface area (Å²) in [7, 11) is 0. The third-order valence-corrected chi connectivity index (χ3v) is 3.99. The molecule has 1 aliphatic carbocycles. The molecular weight excluding hydrogens is 272 g/mol. The third kappa shape index (κ3) is 1.57. The van der Waals surface area contributed by atoms with E-state index in [4.69, 9.17) is 0 Å². The third-order valence-electron chi connectivity index (χ3n) is 3.13. The lowest BCUT2D eigenvalue weighted by Crippen LogP contribution is -2.48. The Labute approximate surface area is 102 Å². The van der Waals surface area contributed by atoms with Crippen LogP contribution in [0.25, 0.3) is 0 Å². The number of halogens is 1. The van der Waals surface area contributed by atoms with Crippen LogP contribution in [0, 0.1) is 6.92 Å². The Bertz CT molecular complexity index is 471. The van der Waals surface area contributed by atoms with Gasteiger partial charge in [0.05, 0.1) is 0 Å². The van der Waals surface area contributed by atoms with Gasteiger partial charge in [0.15, 0.2) is 0 Å². The van der Waals surface area contributed by atoms with Crippen LogP contribution in [0.2, 0.25) is 0 Å². The molecule has 0 aromatic heterocycles. The molecule has 1 aromatic rings. The molecule has 0 atom stereocenters. The van der Waals surface area contributed by atoms with Crippen molar-refractivity contribution in [1.82, 2.24) is 0 Å². The van der Waals surface area contributed by atoms with E-state index < -0.39 is 11.4 Å². The first kappa shape index (κ1) is 11.3. The van der Waals surface area contributed by atoms with Gasteiger partial charge in [-0.1, -0.05) is 28.1 Å². The van der Waals surface area contributed by atoms with E-state index >= 15 is 0 Å². The molecule has 0 unspecified atom stereocenters. The van der Waals surface area contributed by atoms with Gasteiger partial charge in [-0.3, -0.25) is 9.59 Å². The number of benzene rings is 1. The molecule has 0 saturated heterocycles. The number of ketones is 1. The maximum Gasteiger partial charge on any atom is 0.315 e. The van der Waals surface area contributed by atoms with E-state index in [1.54, 1.807) is 12.1 Å². The highest BCUT2D eigenvalue weighted by molar-refractivity contribution is 9.10. The summed E-state index contributed by atoms with van der Waals surface area (Å²) < 4.78 is 0.880. The zero-order valence-electron chi connectivity index (χ0n) is 8.79. The molecule has 0 bridgehead atoms. The molecule has 1 aromatic carbocycles. The van der Waals surface area contributed by atoms with Gasteiger partial charge in [-0.2, -0.15) is 0 Å². The normalized spacial score (nSPS) is 18.0. The summed E-state index contributed by atoms with van der Waals surface area (Å²) in [6.07, 6.45) is 0.218. The predicted octanol–water partition coefficient (Wildman–Crippen LogP) is 2.44. The molecule has 84 valence electrons. The molecule has 1 aliphatic rings. The average molecular weight is 283 g/mol. The predicted molar refractivity (Wildman–Crippen MR) is 62.4 cm³/mol. The lowest BCUT2D eigenvalue weighted by molar-refractivity contribution is -0.153. The second-order valence-corrected chi connectivity index (χ2v) is 5.10. The summed E-state index contributed by atoms with van der Waals surface area (Å²) in [5.74, 6) is -0.901. The number of Topliss-reactive ketones (excluding diaryl/α,β-unsaturated/α-hetero) is 1. The first-order valence-corrected chi connectivity index (χ1v) is 5.77. The molecule has 2 rings (SSSR count). The van der Waals surface area contributed by atoms with Gasteiger partial charge in [-0.05, 0) is 24.1 Å². The van der Waals surface area contributed by atoms with Crippen molar-refractivity contribution in [2.75, 3.05) is 0 Å². The van der Waals surface area contributed by atoms with Crippen molar-refractivity contribution in [2.24, 2.45) is 0 Å². The molecule has 0 spiro atoms. The summed E-state index contributed by atoms with van der Waals surface area (Å²) in [5, 5.41) is 9.25. The summed E-state index contributed by atoms with van der Waals surface area (Å²) >= 11 is 3.38. The van der Waals surface area contributed by atoms with Gasteiger partial charge in [-0.15, -0.1) is 0 Å². The Morgan fingerprint density at radius 3 is 2.50 bits per heavy atom. The molecule has 3 nitrogen and oxygen atoms in total. The van der Waals surface area contributed by atoms with Crippen molar-refractivity contribution in [1.29, 1.82) is 0 Å². The minimum absolute atomic E-state index is 0.0131. The lowest BCUT2D eigenvalue weighted by atomic mass is 9.63. The summed E-state index contributed by atoms with van der Waals surface area (Å²) in [6, 6.07) is 5.46. The number of hydrogen-bond donors (Lipinski definition) is 1. The van der Waals surface area contributed by atoms with Gasteiger partial charge in [-0.25, -0.2) is 0 Å². The Balaban J connectivity index is 2.45. The largest absolute Gasteiger partial charge is 0.481 e. The smallest absolute Gasteiger partial charge is 0.315 e. The molecule has 1 fully saturated rings. The Kier molecular flexibility index (Phi) is 2.62. The molecular formula is C12H11BrO3. The molecule has 1 saturated carbocycles. The highest BCUT2D eigenvalue weighted by atomic mass is 79.9.